The maximum atomic E-state index is 12.5. The SMILES string of the molecule is Cc1ncc(/C=C/C(=O)NCCCCN2CCN(C(c3ccccc3)c3ccccc3)CC2)c2c1OC(C)(C)OC2. The van der Waals surface area contributed by atoms with E-state index in [1.807, 2.05) is 20.8 Å². The number of ether oxygens (including phenoxy) is 2. The van der Waals surface area contributed by atoms with Crippen molar-refractivity contribution in [1.29, 1.82) is 0 Å². The molecular formula is C34H42N4O3. The molecule has 3 heterocycles. The number of pyridine rings is 1. The number of aromatic nitrogens is 1. The second-order valence-corrected chi connectivity index (χ2v) is 11.3. The van der Waals surface area contributed by atoms with Gasteiger partial charge in [0.15, 0.2) is 0 Å². The number of piperazine rings is 1. The number of aryl methyl sites for hydroxylation is 1. The van der Waals surface area contributed by atoms with Crippen LogP contribution in [-0.4, -0.2) is 65.7 Å². The fourth-order valence-corrected chi connectivity index (χ4v) is 5.63. The predicted octanol–water partition coefficient (Wildman–Crippen LogP) is 5.35. The summed E-state index contributed by atoms with van der Waals surface area (Å²) in [4.78, 5) is 22.0. The van der Waals surface area contributed by atoms with E-state index in [4.69, 9.17) is 9.47 Å². The van der Waals surface area contributed by atoms with Gasteiger partial charge in [-0.1, -0.05) is 60.7 Å². The van der Waals surface area contributed by atoms with Crippen LogP contribution in [0.15, 0.2) is 72.9 Å². The second kappa shape index (κ2) is 13.4. The van der Waals surface area contributed by atoms with E-state index in [0.717, 1.165) is 68.1 Å². The van der Waals surface area contributed by atoms with Crippen LogP contribution in [-0.2, 0) is 16.1 Å². The van der Waals surface area contributed by atoms with Crippen molar-refractivity contribution < 1.29 is 14.3 Å². The molecule has 0 spiro atoms. The lowest BCUT2D eigenvalue weighted by molar-refractivity contribution is -0.180. The molecule has 1 amide bonds. The smallest absolute Gasteiger partial charge is 0.244 e. The molecule has 2 aliphatic heterocycles. The van der Waals surface area contributed by atoms with Crippen molar-refractivity contribution in [2.24, 2.45) is 0 Å². The largest absolute Gasteiger partial charge is 0.461 e. The quantitative estimate of drug-likeness (QED) is 0.269. The Balaban J connectivity index is 1.04. The summed E-state index contributed by atoms with van der Waals surface area (Å²) in [6, 6.07) is 21.9. The number of rotatable bonds is 10. The van der Waals surface area contributed by atoms with Crippen LogP contribution in [0, 0.1) is 6.92 Å². The number of amides is 1. The number of carbonyl (C=O) groups is 1. The summed E-state index contributed by atoms with van der Waals surface area (Å²) in [5.74, 6) is -0.0292. The maximum absolute atomic E-state index is 12.5. The molecule has 1 fully saturated rings. The Labute approximate surface area is 244 Å². The molecule has 7 heteroatoms. The van der Waals surface area contributed by atoms with Crippen LogP contribution in [0.2, 0.25) is 0 Å². The van der Waals surface area contributed by atoms with Crippen molar-refractivity contribution in [3.8, 4) is 5.75 Å². The number of benzene rings is 2. The number of carbonyl (C=O) groups excluding carboxylic acids is 1. The van der Waals surface area contributed by atoms with Crippen LogP contribution < -0.4 is 10.1 Å². The average Bonchev–Trinajstić information content (AvgIpc) is 2.98. The molecule has 2 aliphatic rings. The van der Waals surface area contributed by atoms with Crippen molar-refractivity contribution in [3.05, 3.63) is 101 Å². The molecule has 41 heavy (non-hydrogen) atoms. The number of hydrogen-bond acceptors (Lipinski definition) is 6. The highest BCUT2D eigenvalue weighted by Crippen LogP contribution is 2.35. The topological polar surface area (TPSA) is 66.9 Å². The summed E-state index contributed by atoms with van der Waals surface area (Å²) in [6.45, 7) is 12.1. The van der Waals surface area contributed by atoms with Gasteiger partial charge < -0.3 is 19.7 Å². The molecule has 1 saturated heterocycles. The third kappa shape index (κ3) is 7.61. The molecule has 1 N–H and O–H groups in total. The summed E-state index contributed by atoms with van der Waals surface area (Å²) >= 11 is 0. The van der Waals surface area contributed by atoms with E-state index in [9.17, 15) is 4.79 Å². The number of fused-ring (bicyclic) bond motifs is 1. The minimum Gasteiger partial charge on any atom is -0.461 e. The first-order chi connectivity index (χ1) is 19.9. The summed E-state index contributed by atoms with van der Waals surface area (Å²) < 4.78 is 11.8. The van der Waals surface area contributed by atoms with E-state index in [1.165, 1.54) is 11.1 Å². The minimum atomic E-state index is -0.681. The standard InChI is InChI=1S/C34H42N4O3/c1-26-33-30(25-40-34(2,3)41-33)29(24-36-26)16-17-31(39)35-18-10-11-19-37-20-22-38(23-21-37)32(27-12-6-4-7-13-27)28-14-8-5-9-15-28/h4-9,12-17,24,32H,10-11,18-23,25H2,1-3H3,(H,35,39)/b17-16+. The van der Waals surface area contributed by atoms with Gasteiger partial charge in [0.05, 0.1) is 18.3 Å². The zero-order valence-corrected chi connectivity index (χ0v) is 24.5. The van der Waals surface area contributed by atoms with Crippen molar-refractivity contribution in [2.75, 3.05) is 39.3 Å². The lowest BCUT2D eigenvalue weighted by Gasteiger charge is -2.39. The Morgan fingerprint density at radius 1 is 1.00 bits per heavy atom. The van der Waals surface area contributed by atoms with Crippen LogP contribution in [0.1, 0.15) is 60.7 Å². The number of nitrogens with one attached hydrogen (secondary N) is 1. The first-order valence-electron chi connectivity index (χ1n) is 14.7. The predicted molar refractivity (Wildman–Crippen MR) is 162 cm³/mol. The average molecular weight is 555 g/mol. The maximum Gasteiger partial charge on any atom is 0.244 e. The molecule has 0 bridgehead atoms. The molecule has 3 aromatic rings. The molecule has 0 radical (unpaired) electrons. The normalized spacial score (nSPS) is 17.4. The molecule has 7 nitrogen and oxygen atoms in total. The van der Waals surface area contributed by atoms with Gasteiger partial charge in [-0.25, -0.2) is 0 Å². The molecular weight excluding hydrogens is 512 g/mol. The molecule has 1 aromatic heterocycles. The van der Waals surface area contributed by atoms with E-state index < -0.39 is 5.79 Å². The van der Waals surface area contributed by atoms with Gasteiger partial charge in [-0.2, -0.15) is 0 Å². The van der Waals surface area contributed by atoms with Gasteiger partial charge in [-0.05, 0) is 43.5 Å². The minimum absolute atomic E-state index is 0.0984. The highest BCUT2D eigenvalue weighted by atomic mass is 16.7. The molecule has 0 saturated carbocycles. The van der Waals surface area contributed by atoms with Gasteiger partial charge in [0.2, 0.25) is 11.7 Å². The summed E-state index contributed by atoms with van der Waals surface area (Å²) in [6.07, 6.45) is 7.15. The van der Waals surface area contributed by atoms with Crippen LogP contribution in [0.25, 0.3) is 6.08 Å². The fraction of sp³-hybridized carbons (Fsp3) is 0.412. The summed E-state index contributed by atoms with van der Waals surface area (Å²) in [7, 11) is 0. The van der Waals surface area contributed by atoms with Crippen molar-refractivity contribution in [3.63, 3.8) is 0 Å². The third-order valence-electron chi connectivity index (χ3n) is 7.88. The van der Waals surface area contributed by atoms with Gasteiger partial charge in [-0.15, -0.1) is 0 Å². The van der Waals surface area contributed by atoms with Gasteiger partial charge in [0.1, 0.15) is 5.75 Å². The molecule has 0 aliphatic carbocycles. The Kier molecular flexibility index (Phi) is 9.49. The molecule has 5 rings (SSSR count). The highest BCUT2D eigenvalue weighted by molar-refractivity contribution is 5.91. The van der Waals surface area contributed by atoms with Crippen LogP contribution in [0.3, 0.4) is 0 Å². The third-order valence-corrected chi connectivity index (χ3v) is 7.88. The van der Waals surface area contributed by atoms with Crippen molar-refractivity contribution in [2.45, 2.75) is 52.0 Å². The fourth-order valence-electron chi connectivity index (χ4n) is 5.63. The molecule has 216 valence electrons. The van der Waals surface area contributed by atoms with Crippen LogP contribution in [0.5, 0.6) is 5.75 Å². The number of nitrogens with zero attached hydrogens (tertiary/aromatic N) is 3. The zero-order valence-electron chi connectivity index (χ0n) is 24.5. The van der Waals surface area contributed by atoms with E-state index in [-0.39, 0.29) is 11.9 Å². The lowest BCUT2D eigenvalue weighted by Crippen LogP contribution is -2.48. The van der Waals surface area contributed by atoms with E-state index in [2.05, 4.69) is 80.8 Å². The first kappa shape index (κ1) is 29.0. The zero-order chi connectivity index (χ0) is 28.7. The monoisotopic (exact) mass is 554 g/mol. The number of unbranched alkanes of at least 4 members (excludes halogenated alkanes) is 1. The molecule has 2 aromatic carbocycles. The van der Waals surface area contributed by atoms with Gasteiger partial charge in [-0.3, -0.25) is 14.7 Å². The molecule has 0 atom stereocenters. The summed E-state index contributed by atoms with van der Waals surface area (Å²) in [5, 5.41) is 3.02. The van der Waals surface area contributed by atoms with Crippen molar-refractivity contribution >= 4 is 12.0 Å². The van der Waals surface area contributed by atoms with E-state index in [0.29, 0.717) is 13.2 Å². The lowest BCUT2D eigenvalue weighted by atomic mass is 9.96. The molecule has 0 unspecified atom stereocenters. The van der Waals surface area contributed by atoms with Crippen LogP contribution >= 0.6 is 0 Å². The van der Waals surface area contributed by atoms with Crippen LogP contribution in [0.4, 0.5) is 0 Å². The van der Waals surface area contributed by atoms with Gasteiger partial charge >= 0.3 is 0 Å². The first-order valence-corrected chi connectivity index (χ1v) is 14.7. The highest BCUT2D eigenvalue weighted by Gasteiger charge is 2.30. The van der Waals surface area contributed by atoms with Gasteiger partial charge in [0, 0.05) is 70.0 Å². The second-order valence-electron chi connectivity index (χ2n) is 11.3. The Morgan fingerprint density at radius 3 is 2.32 bits per heavy atom. The van der Waals surface area contributed by atoms with Gasteiger partial charge in [0.25, 0.3) is 0 Å². The van der Waals surface area contributed by atoms with E-state index in [1.54, 1.807) is 18.3 Å². The summed E-state index contributed by atoms with van der Waals surface area (Å²) in [5.41, 5.74) is 5.30. The Hall–Kier alpha value is -3.52. The van der Waals surface area contributed by atoms with E-state index >= 15 is 0 Å². The Bertz CT molecular complexity index is 1280. The van der Waals surface area contributed by atoms with Crippen molar-refractivity contribution in [1.82, 2.24) is 20.1 Å². The number of hydrogen-bond donors (Lipinski definition) is 1. The Morgan fingerprint density at radius 2 is 1.66 bits per heavy atom.